The Labute approximate surface area is 76.0 Å². The van der Waals surface area contributed by atoms with Crippen molar-refractivity contribution in [3.8, 4) is 0 Å². The van der Waals surface area contributed by atoms with Gasteiger partial charge < -0.3 is 9.67 Å². The molecule has 1 heterocycles. The normalized spacial score (nSPS) is 11.2. The van der Waals surface area contributed by atoms with Gasteiger partial charge in [-0.1, -0.05) is 0 Å². The number of nitrogens with zero attached hydrogens (tertiary/aromatic N) is 1. The van der Waals surface area contributed by atoms with Gasteiger partial charge in [0.05, 0.1) is 11.0 Å². The molecular formula is C8H10NO3P. The van der Waals surface area contributed by atoms with E-state index in [0.29, 0.717) is 5.44 Å². The zero-order valence-corrected chi connectivity index (χ0v) is 8.28. The van der Waals surface area contributed by atoms with Crippen LogP contribution in [0.15, 0.2) is 18.3 Å². The molecule has 0 atom stereocenters. The minimum Gasteiger partial charge on any atom is -0.478 e. The number of rotatable bonds is 2. The summed E-state index contributed by atoms with van der Waals surface area (Å²) in [6.07, 6.45) is 1.22. The lowest BCUT2D eigenvalue weighted by Gasteiger charge is -2.04. The summed E-state index contributed by atoms with van der Waals surface area (Å²) < 4.78 is 11.5. The van der Waals surface area contributed by atoms with Gasteiger partial charge in [0.2, 0.25) is 0 Å². The highest BCUT2D eigenvalue weighted by atomic mass is 31.2. The van der Waals surface area contributed by atoms with Crippen LogP contribution in [0, 0.1) is 0 Å². The number of hydrogen-bond donors (Lipinski definition) is 1. The lowest BCUT2D eigenvalue weighted by Crippen LogP contribution is -2.09. The van der Waals surface area contributed by atoms with E-state index in [2.05, 4.69) is 4.98 Å². The van der Waals surface area contributed by atoms with Crippen LogP contribution in [0.2, 0.25) is 0 Å². The van der Waals surface area contributed by atoms with Gasteiger partial charge in [-0.3, -0.25) is 4.98 Å². The van der Waals surface area contributed by atoms with Crippen LogP contribution in [0.25, 0.3) is 0 Å². The minimum absolute atomic E-state index is 0.109. The van der Waals surface area contributed by atoms with Gasteiger partial charge in [-0.2, -0.15) is 0 Å². The molecule has 0 saturated heterocycles. The molecule has 0 aliphatic heterocycles. The third-order valence-electron chi connectivity index (χ3n) is 1.55. The Hall–Kier alpha value is -1.15. The van der Waals surface area contributed by atoms with E-state index in [0.717, 1.165) is 0 Å². The van der Waals surface area contributed by atoms with Crippen LogP contribution in [0.1, 0.15) is 10.4 Å². The van der Waals surface area contributed by atoms with Crippen LogP contribution in [0.5, 0.6) is 0 Å². The first kappa shape index (κ1) is 9.93. The lowest BCUT2D eigenvalue weighted by atomic mass is 10.3. The highest BCUT2D eigenvalue weighted by Crippen LogP contribution is 2.32. The Balaban J connectivity index is 3.08. The predicted octanol–water partition coefficient (Wildman–Crippen LogP) is 1.03. The van der Waals surface area contributed by atoms with E-state index in [1.807, 2.05) is 0 Å². The predicted molar refractivity (Wildman–Crippen MR) is 50.3 cm³/mol. The molecule has 0 amide bonds. The summed E-state index contributed by atoms with van der Waals surface area (Å²) in [5.74, 6) is -1.03. The Morgan fingerprint density at radius 1 is 1.46 bits per heavy atom. The largest absolute Gasteiger partial charge is 0.478 e. The molecule has 0 aromatic carbocycles. The molecule has 0 unspecified atom stereocenters. The molecular weight excluding hydrogens is 189 g/mol. The van der Waals surface area contributed by atoms with E-state index in [9.17, 15) is 9.36 Å². The third kappa shape index (κ3) is 2.39. The number of carboxylic acids is 1. The van der Waals surface area contributed by atoms with Crippen molar-refractivity contribution in [1.82, 2.24) is 4.98 Å². The molecule has 0 saturated carbocycles. The molecule has 0 radical (unpaired) electrons. The van der Waals surface area contributed by atoms with Gasteiger partial charge in [0.15, 0.2) is 0 Å². The van der Waals surface area contributed by atoms with Crippen molar-refractivity contribution in [1.29, 1.82) is 0 Å². The van der Waals surface area contributed by atoms with Crippen molar-refractivity contribution in [3.05, 3.63) is 23.9 Å². The second-order valence-corrected chi connectivity index (χ2v) is 6.22. The molecule has 4 nitrogen and oxygen atoms in total. The van der Waals surface area contributed by atoms with Crippen LogP contribution >= 0.6 is 7.14 Å². The molecule has 0 aliphatic rings. The van der Waals surface area contributed by atoms with Gasteiger partial charge in [0.1, 0.15) is 7.14 Å². The van der Waals surface area contributed by atoms with Crippen molar-refractivity contribution in [2.75, 3.05) is 13.3 Å². The summed E-state index contributed by atoms with van der Waals surface area (Å²) in [6.45, 7) is 3.19. The van der Waals surface area contributed by atoms with Gasteiger partial charge in [-0.15, -0.1) is 0 Å². The number of hydrogen-bond acceptors (Lipinski definition) is 3. The van der Waals surface area contributed by atoms with Gasteiger partial charge >= 0.3 is 5.97 Å². The number of aromatic nitrogens is 1. The molecule has 5 heteroatoms. The summed E-state index contributed by atoms with van der Waals surface area (Å²) in [6, 6.07) is 2.90. The van der Waals surface area contributed by atoms with Crippen molar-refractivity contribution < 1.29 is 14.5 Å². The topological polar surface area (TPSA) is 67.3 Å². The van der Waals surface area contributed by atoms with Gasteiger partial charge in [-0.25, -0.2) is 4.79 Å². The fourth-order valence-electron chi connectivity index (χ4n) is 0.831. The average Bonchev–Trinajstić information content (AvgIpc) is 2.03. The lowest BCUT2D eigenvalue weighted by molar-refractivity contribution is 0.0696. The monoisotopic (exact) mass is 199 g/mol. The van der Waals surface area contributed by atoms with Crippen LogP contribution < -0.4 is 5.44 Å². The first-order chi connectivity index (χ1) is 5.91. The van der Waals surface area contributed by atoms with Crippen molar-refractivity contribution >= 4 is 18.5 Å². The number of pyridine rings is 1. The van der Waals surface area contributed by atoms with E-state index in [4.69, 9.17) is 5.11 Å². The fourth-order valence-corrected chi connectivity index (χ4v) is 1.60. The summed E-state index contributed by atoms with van der Waals surface area (Å²) >= 11 is 0. The first-order valence-corrected chi connectivity index (χ1v) is 6.26. The van der Waals surface area contributed by atoms with E-state index in [1.54, 1.807) is 13.3 Å². The van der Waals surface area contributed by atoms with Gasteiger partial charge in [-0.05, 0) is 25.5 Å². The Kier molecular flexibility index (Phi) is 2.52. The van der Waals surface area contributed by atoms with Crippen LogP contribution in [-0.2, 0) is 4.57 Å². The zero-order valence-electron chi connectivity index (χ0n) is 7.39. The number of carboxylic acid groups (broad SMARTS) is 1. The van der Waals surface area contributed by atoms with Crippen LogP contribution in [0.4, 0.5) is 0 Å². The van der Waals surface area contributed by atoms with Gasteiger partial charge in [0.25, 0.3) is 0 Å². The maximum Gasteiger partial charge on any atom is 0.337 e. The second-order valence-electron chi connectivity index (χ2n) is 3.06. The molecule has 0 fully saturated rings. The third-order valence-corrected chi connectivity index (χ3v) is 2.91. The summed E-state index contributed by atoms with van der Waals surface area (Å²) in [5, 5.41) is 8.57. The van der Waals surface area contributed by atoms with Crippen LogP contribution in [-0.4, -0.2) is 29.4 Å². The Morgan fingerprint density at radius 3 is 2.38 bits per heavy atom. The zero-order chi connectivity index (χ0) is 10.1. The molecule has 1 aromatic heterocycles. The van der Waals surface area contributed by atoms with E-state index >= 15 is 0 Å². The average molecular weight is 199 g/mol. The van der Waals surface area contributed by atoms with Crippen LogP contribution in [0.3, 0.4) is 0 Å². The Bertz CT molecular complexity index is 365. The van der Waals surface area contributed by atoms with Crippen molar-refractivity contribution in [2.24, 2.45) is 0 Å². The minimum atomic E-state index is -2.37. The first-order valence-electron chi connectivity index (χ1n) is 3.66. The summed E-state index contributed by atoms with van der Waals surface area (Å²) in [4.78, 5) is 14.3. The smallest absolute Gasteiger partial charge is 0.337 e. The molecule has 0 spiro atoms. The molecule has 1 rings (SSSR count). The molecule has 1 aromatic rings. The summed E-state index contributed by atoms with van der Waals surface area (Å²) in [7, 11) is -2.37. The number of carbonyl (C=O) groups is 1. The van der Waals surface area contributed by atoms with E-state index in [-0.39, 0.29) is 5.56 Å². The fraction of sp³-hybridized carbons (Fsp3) is 0.250. The molecule has 70 valence electrons. The molecule has 13 heavy (non-hydrogen) atoms. The molecule has 0 bridgehead atoms. The highest BCUT2D eigenvalue weighted by molar-refractivity contribution is 7.69. The molecule has 0 aliphatic carbocycles. The maximum atomic E-state index is 11.5. The van der Waals surface area contributed by atoms with E-state index < -0.39 is 13.1 Å². The molecule has 1 N–H and O–H groups in total. The standard InChI is InChI=1S/C8H10NO3P/c1-13(2,12)7-4-3-6(5-9-7)8(10)11/h3-5H,1-2H3,(H,10,11). The van der Waals surface area contributed by atoms with E-state index in [1.165, 1.54) is 18.3 Å². The quantitative estimate of drug-likeness (QED) is 0.722. The summed E-state index contributed by atoms with van der Waals surface area (Å²) in [5.41, 5.74) is 0.565. The van der Waals surface area contributed by atoms with Crippen molar-refractivity contribution in [3.63, 3.8) is 0 Å². The maximum absolute atomic E-state index is 11.5. The van der Waals surface area contributed by atoms with Crippen molar-refractivity contribution in [2.45, 2.75) is 0 Å². The number of aromatic carboxylic acids is 1. The van der Waals surface area contributed by atoms with Gasteiger partial charge in [0, 0.05) is 6.20 Å². The Morgan fingerprint density at radius 2 is 2.08 bits per heavy atom. The highest BCUT2D eigenvalue weighted by Gasteiger charge is 2.13. The SMILES string of the molecule is CP(C)(=O)c1ccc(C(=O)O)cn1. The second kappa shape index (κ2) is 3.30.